The number of hydrogen-bond acceptors (Lipinski definition) is 13. The first-order valence-electron chi connectivity index (χ1n) is 22.7. The van der Waals surface area contributed by atoms with Crippen LogP contribution in [-0.2, 0) is 9.59 Å². The largest absolute Gasteiger partial charge is 0.493 e. The summed E-state index contributed by atoms with van der Waals surface area (Å²) >= 11 is 0. The zero-order valence-corrected chi connectivity index (χ0v) is 38.8. The molecule has 0 bridgehead atoms. The highest BCUT2D eigenvalue weighted by Gasteiger charge is 2.64. The third-order valence-electron chi connectivity index (χ3n) is 14.5. The lowest BCUT2D eigenvalue weighted by Gasteiger charge is -2.63. The van der Waals surface area contributed by atoms with Crippen LogP contribution in [0.5, 0.6) is 17.2 Å². The third kappa shape index (κ3) is 8.39. The highest BCUT2D eigenvalue weighted by atomic mass is 16.5. The van der Waals surface area contributed by atoms with Gasteiger partial charge in [0.05, 0.1) is 42.3 Å². The minimum Gasteiger partial charge on any atom is -0.493 e. The number of hydrogen-bond donors (Lipinski definition) is 2. The Morgan fingerprint density at radius 3 is 2.11 bits per heavy atom. The van der Waals surface area contributed by atoms with Gasteiger partial charge in [-0.2, -0.15) is 5.26 Å². The molecule has 2 saturated heterocycles. The van der Waals surface area contributed by atoms with Crippen molar-refractivity contribution in [1.29, 1.82) is 5.26 Å². The fourth-order valence-corrected chi connectivity index (χ4v) is 11.1. The molecule has 8 rings (SSSR count). The smallest absolute Gasteiger partial charge is 0.271 e. The van der Waals surface area contributed by atoms with Gasteiger partial charge in [0.15, 0.2) is 11.5 Å². The van der Waals surface area contributed by atoms with Crippen molar-refractivity contribution in [2.75, 3.05) is 31.6 Å². The van der Waals surface area contributed by atoms with Gasteiger partial charge >= 0.3 is 0 Å². The fourth-order valence-electron chi connectivity index (χ4n) is 11.1. The Labute approximate surface area is 380 Å². The molecule has 2 saturated carbocycles. The molecule has 0 spiro atoms. The summed E-state index contributed by atoms with van der Waals surface area (Å²) in [6.07, 6.45) is 6.68. The second kappa shape index (κ2) is 17.4. The zero-order chi connectivity index (χ0) is 46.7. The topological polar surface area (TPSA) is 196 Å². The number of fused-ring (bicyclic) bond motifs is 1. The number of rotatable bonds is 13. The number of amides is 5. The molecule has 16 heteroatoms. The summed E-state index contributed by atoms with van der Waals surface area (Å²) in [6.45, 7) is 19.3. The lowest BCUT2D eigenvalue weighted by molar-refractivity contribution is -0.164. The number of methoxy groups -OCH3 is 1. The summed E-state index contributed by atoms with van der Waals surface area (Å²) in [5, 5.41) is 14.9. The van der Waals surface area contributed by atoms with Gasteiger partial charge in [-0.1, -0.05) is 27.7 Å². The summed E-state index contributed by atoms with van der Waals surface area (Å²) in [7, 11) is 1.48. The minimum atomic E-state index is -1.05. The molecule has 1 unspecified atom stereocenters. The summed E-state index contributed by atoms with van der Waals surface area (Å²) in [6, 6.07) is 8.54. The van der Waals surface area contributed by atoms with Crippen molar-refractivity contribution in [1.82, 2.24) is 30.4 Å². The summed E-state index contributed by atoms with van der Waals surface area (Å²) < 4.78 is 18.5. The van der Waals surface area contributed by atoms with Crippen molar-refractivity contribution in [2.24, 2.45) is 16.7 Å². The number of piperidine rings is 2. The number of benzene rings is 2. The molecule has 16 nitrogen and oxygen atoms in total. The van der Waals surface area contributed by atoms with Gasteiger partial charge in [0, 0.05) is 67.9 Å². The number of aromatic nitrogens is 2. The van der Waals surface area contributed by atoms with Gasteiger partial charge in [-0.05, 0) is 88.3 Å². The van der Waals surface area contributed by atoms with Gasteiger partial charge in [0.25, 0.3) is 17.7 Å². The number of anilines is 1. The Bertz CT molecular complexity index is 2410. The molecule has 2 N–H and O–H groups in total. The minimum absolute atomic E-state index is 0.0467. The summed E-state index contributed by atoms with van der Waals surface area (Å²) in [5.41, 5.74) is 2.23. The summed E-state index contributed by atoms with van der Waals surface area (Å²) in [4.78, 5) is 79.5. The van der Waals surface area contributed by atoms with Crippen molar-refractivity contribution in [3.05, 3.63) is 70.2 Å². The average molecular weight is 889 g/mol. The maximum atomic E-state index is 13.5. The van der Waals surface area contributed by atoms with Crippen LogP contribution in [0, 0.1) is 41.9 Å². The third-order valence-corrected chi connectivity index (χ3v) is 14.5. The molecule has 5 amide bonds. The number of aryl methyl sites for hydroxylation is 2. The normalized spacial score (nSPS) is 24.8. The van der Waals surface area contributed by atoms with Crippen LogP contribution in [-0.4, -0.2) is 112 Å². The maximum absolute atomic E-state index is 13.5. The predicted octanol–water partition coefficient (Wildman–Crippen LogP) is 5.52. The van der Waals surface area contributed by atoms with Crippen LogP contribution >= 0.6 is 0 Å². The first-order valence-corrected chi connectivity index (χ1v) is 22.7. The Morgan fingerprint density at radius 1 is 0.923 bits per heavy atom. The molecule has 5 aliphatic rings. The quantitative estimate of drug-likeness (QED) is 0.204. The summed E-state index contributed by atoms with van der Waals surface area (Å²) in [5.74, 6) is 0.133. The fraction of sp³-hybridized carbons (Fsp3) is 0.551. The molecule has 2 aromatic carbocycles. The molecule has 1 atom stereocenters. The number of carbonyl (C=O) groups is 5. The average Bonchev–Trinajstić information content (AvgIpc) is 3.48. The number of ether oxygens (including phenoxy) is 3. The molecule has 344 valence electrons. The molecule has 2 aliphatic carbocycles. The Balaban J connectivity index is 0.814. The standard InChI is InChI=1S/C49H60N8O8/c1-26(2)56(30-18-32(19-30)64-39-21-34-33(20-38(39)63-9)44(61)57(45(34)62)37-10-11-41(58)53-43(37)60)25-29-12-14-55(15-13-29)40-24-51-36(23-52-40)42(59)54-46-48(5,6)47(49(46,7)8)65-31-16-27(3)35(22-50)28(4)17-31/h16-17,20-21,23-24,26,29-30,32,37,46-47H,10-15,18-19,25H2,1-9H3,(H,54,59)(H,53,58,60). The van der Waals surface area contributed by atoms with E-state index >= 15 is 0 Å². The van der Waals surface area contributed by atoms with E-state index in [1.54, 1.807) is 18.5 Å². The van der Waals surface area contributed by atoms with Crippen molar-refractivity contribution in [3.8, 4) is 23.3 Å². The first-order chi connectivity index (χ1) is 30.8. The molecule has 3 aromatic rings. The predicted molar refractivity (Wildman–Crippen MR) is 240 cm³/mol. The highest BCUT2D eigenvalue weighted by Crippen LogP contribution is 2.55. The van der Waals surface area contributed by atoms with Crippen molar-refractivity contribution in [2.45, 2.75) is 130 Å². The maximum Gasteiger partial charge on any atom is 0.271 e. The van der Waals surface area contributed by atoms with Crippen molar-refractivity contribution < 1.29 is 38.2 Å². The van der Waals surface area contributed by atoms with Crippen LogP contribution in [0.3, 0.4) is 0 Å². The van der Waals surface area contributed by atoms with Crippen molar-refractivity contribution >= 4 is 35.4 Å². The van der Waals surface area contributed by atoms with E-state index in [4.69, 9.17) is 14.2 Å². The van der Waals surface area contributed by atoms with Crippen LogP contribution in [0.1, 0.15) is 128 Å². The van der Waals surface area contributed by atoms with Gasteiger partial charge in [0.2, 0.25) is 11.8 Å². The van der Waals surface area contributed by atoms with Crippen LogP contribution in [0.2, 0.25) is 0 Å². The first kappa shape index (κ1) is 45.5. The highest BCUT2D eigenvalue weighted by molar-refractivity contribution is 6.23. The van der Waals surface area contributed by atoms with E-state index in [2.05, 4.69) is 78.0 Å². The van der Waals surface area contributed by atoms with E-state index in [0.717, 1.165) is 72.9 Å². The van der Waals surface area contributed by atoms with Crippen LogP contribution in [0.15, 0.2) is 36.7 Å². The van der Waals surface area contributed by atoms with Gasteiger partial charge in [-0.15, -0.1) is 0 Å². The molecular weight excluding hydrogens is 829 g/mol. The molecule has 0 radical (unpaired) electrons. The molecule has 65 heavy (non-hydrogen) atoms. The lowest BCUT2D eigenvalue weighted by atomic mass is 9.49. The number of imide groups is 2. The zero-order valence-electron chi connectivity index (χ0n) is 38.8. The molecule has 4 fully saturated rings. The monoisotopic (exact) mass is 888 g/mol. The van der Waals surface area contributed by atoms with Crippen LogP contribution in [0.4, 0.5) is 5.82 Å². The SMILES string of the molecule is COc1cc2c(cc1OC1CC(N(CC3CCN(c4cnc(C(=O)NC5C(C)(C)C(Oc6cc(C)c(C#N)c(C)c6)C5(C)C)cn4)CC3)C(C)C)C1)C(=O)N(C1CCC(=O)NC1=O)C2=O. The number of nitrogens with one attached hydrogen (secondary N) is 2. The van der Waals surface area contributed by atoms with Gasteiger partial charge < -0.3 is 24.4 Å². The molecule has 1 aromatic heterocycles. The van der Waals surface area contributed by atoms with E-state index in [0.29, 0.717) is 35.1 Å². The Morgan fingerprint density at radius 2 is 1.55 bits per heavy atom. The van der Waals surface area contributed by atoms with Gasteiger partial charge in [-0.25, -0.2) is 9.97 Å². The van der Waals surface area contributed by atoms with E-state index in [1.807, 2.05) is 26.0 Å². The number of nitrogens with zero attached hydrogens (tertiary/aromatic N) is 6. The van der Waals surface area contributed by atoms with Gasteiger partial charge in [-0.3, -0.25) is 39.1 Å². The van der Waals surface area contributed by atoms with E-state index < -0.39 is 29.7 Å². The molecular formula is C49H60N8O8. The Hall–Kier alpha value is -6.08. The second-order valence-electron chi connectivity index (χ2n) is 19.9. The van der Waals surface area contributed by atoms with Gasteiger partial charge in [0.1, 0.15) is 35.5 Å². The lowest BCUT2D eigenvalue weighted by Crippen LogP contribution is -2.74. The second-order valence-corrected chi connectivity index (χ2v) is 19.9. The molecule has 4 heterocycles. The van der Waals surface area contributed by atoms with E-state index in [-0.39, 0.29) is 64.6 Å². The molecule has 3 aliphatic heterocycles. The van der Waals surface area contributed by atoms with E-state index in [1.165, 1.54) is 13.2 Å². The Kier molecular flexibility index (Phi) is 12.2. The van der Waals surface area contributed by atoms with Crippen LogP contribution in [0.25, 0.3) is 0 Å². The van der Waals surface area contributed by atoms with Crippen LogP contribution < -0.4 is 29.7 Å². The van der Waals surface area contributed by atoms with E-state index in [9.17, 15) is 29.2 Å². The number of carbonyl (C=O) groups excluding carboxylic acids is 5. The number of nitriles is 1. The van der Waals surface area contributed by atoms with Crippen molar-refractivity contribution in [3.63, 3.8) is 0 Å².